The quantitative estimate of drug-likeness (QED) is 0.805. The number of hydrogen-bond donors (Lipinski definition) is 0. The summed E-state index contributed by atoms with van der Waals surface area (Å²) in [6, 6.07) is 8.32. The van der Waals surface area contributed by atoms with E-state index in [2.05, 4.69) is 34.2 Å². The van der Waals surface area contributed by atoms with Crippen LogP contribution >= 0.6 is 0 Å². The van der Waals surface area contributed by atoms with Crippen molar-refractivity contribution in [3.8, 4) is 0 Å². The van der Waals surface area contributed by atoms with Gasteiger partial charge in [0.15, 0.2) is 5.78 Å². The molecule has 0 saturated heterocycles. The van der Waals surface area contributed by atoms with Crippen LogP contribution in [0.4, 0.5) is 0 Å². The first-order valence-electron chi connectivity index (χ1n) is 7.53. The van der Waals surface area contributed by atoms with Gasteiger partial charge in [-0.2, -0.15) is 0 Å². The summed E-state index contributed by atoms with van der Waals surface area (Å²) < 4.78 is 2.14. The number of carbonyl (C=O) groups is 1. The number of ketones is 1. The summed E-state index contributed by atoms with van der Waals surface area (Å²) >= 11 is 0. The van der Waals surface area contributed by atoms with Crippen LogP contribution in [-0.4, -0.2) is 35.9 Å². The van der Waals surface area contributed by atoms with Crippen LogP contribution in [0.3, 0.4) is 0 Å². The van der Waals surface area contributed by atoms with Crippen LogP contribution in [0.2, 0.25) is 0 Å². The van der Waals surface area contributed by atoms with Crippen molar-refractivity contribution >= 4 is 16.7 Å². The van der Waals surface area contributed by atoms with Crippen LogP contribution in [0.15, 0.2) is 36.9 Å². The van der Waals surface area contributed by atoms with Crippen molar-refractivity contribution in [2.75, 3.05) is 20.6 Å². The molecule has 0 spiro atoms. The Morgan fingerprint density at radius 2 is 2.14 bits per heavy atom. The van der Waals surface area contributed by atoms with E-state index in [-0.39, 0.29) is 5.92 Å². The molecule has 3 rings (SSSR count). The first-order valence-corrected chi connectivity index (χ1v) is 7.53. The Morgan fingerprint density at radius 3 is 2.86 bits per heavy atom. The molecule has 3 nitrogen and oxygen atoms in total. The second kappa shape index (κ2) is 5.49. The third-order valence-electron chi connectivity index (χ3n) is 4.32. The van der Waals surface area contributed by atoms with Crippen molar-refractivity contribution in [1.82, 2.24) is 9.47 Å². The second-order valence-corrected chi connectivity index (χ2v) is 6.11. The molecule has 1 aliphatic carbocycles. The van der Waals surface area contributed by atoms with Crippen LogP contribution in [0.5, 0.6) is 0 Å². The largest absolute Gasteiger partial charge is 0.334 e. The van der Waals surface area contributed by atoms with Crippen molar-refractivity contribution in [2.24, 2.45) is 5.92 Å². The highest BCUT2D eigenvalue weighted by molar-refractivity contribution is 6.05. The smallest absolute Gasteiger partial charge is 0.183 e. The molecule has 1 unspecified atom stereocenters. The van der Waals surface area contributed by atoms with Crippen LogP contribution in [0.25, 0.3) is 10.9 Å². The summed E-state index contributed by atoms with van der Waals surface area (Å²) in [6.45, 7) is 5.36. The number of rotatable bonds is 4. The topological polar surface area (TPSA) is 25.2 Å². The Kier molecular flexibility index (Phi) is 3.68. The van der Waals surface area contributed by atoms with Gasteiger partial charge in [-0.1, -0.05) is 24.3 Å². The summed E-state index contributed by atoms with van der Waals surface area (Å²) in [5.41, 5.74) is 3.29. The van der Waals surface area contributed by atoms with E-state index in [1.165, 1.54) is 10.9 Å². The molecule has 1 heterocycles. The lowest BCUT2D eigenvalue weighted by molar-refractivity contribution is 0.0868. The van der Waals surface area contributed by atoms with E-state index in [1.54, 1.807) is 0 Å². The Hall–Kier alpha value is -1.87. The zero-order valence-electron chi connectivity index (χ0n) is 12.8. The van der Waals surface area contributed by atoms with E-state index in [9.17, 15) is 4.79 Å². The van der Waals surface area contributed by atoms with Crippen molar-refractivity contribution in [1.29, 1.82) is 0 Å². The number of allylic oxidation sites excluding steroid dienone is 1. The maximum Gasteiger partial charge on any atom is 0.183 e. The number of carbonyl (C=O) groups excluding carboxylic acids is 1. The number of nitrogens with zero attached hydrogens (tertiary/aromatic N) is 2. The van der Waals surface area contributed by atoms with Gasteiger partial charge in [-0.05, 0) is 38.6 Å². The first-order chi connectivity index (χ1) is 10.1. The lowest BCUT2D eigenvalue weighted by Gasteiger charge is -2.25. The van der Waals surface area contributed by atoms with Gasteiger partial charge in [0.25, 0.3) is 0 Å². The SMILES string of the molecule is C=CCn1c2c(c3ccccc31)CCC(CN(C)C)C2=O. The van der Waals surface area contributed by atoms with Crippen LogP contribution in [-0.2, 0) is 13.0 Å². The minimum Gasteiger partial charge on any atom is -0.334 e. The number of Topliss-reactive ketones (excluding diaryl/α,β-unsaturated/α-hetero) is 1. The summed E-state index contributed by atoms with van der Waals surface area (Å²) in [7, 11) is 4.06. The molecule has 1 aliphatic rings. The molecule has 21 heavy (non-hydrogen) atoms. The molecule has 1 atom stereocenters. The van der Waals surface area contributed by atoms with Crippen molar-refractivity contribution in [2.45, 2.75) is 19.4 Å². The fourth-order valence-electron chi connectivity index (χ4n) is 3.49. The molecule has 0 aliphatic heterocycles. The lowest BCUT2D eigenvalue weighted by Crippen LogP contribution is -2.32. The highest BCUT2D eigenvalue weighted by Crippen LogP contribution is 2.34. The first kappa shape index (κ1) is 14.1. The highest BCUT2D eigenvalue weighted by Gasteiger charge is 2.32. The molecule has 3 heteroatoms. The Balaban J connectivity index is 2.15. The summed E-state index contributed by atoms with van der Waals surface area (Å²) in [6.07, 6.45) is 3.81. The van der Waals surface area contributed by atoms with Crippen molar-refractivity contribution in [3.63, 3.8) is 0 Å². The fraction of sp³-hybridized carbons (Fsp3) is 0.389. The molecule has 0 saturated carbocycles. The van der Waals surface area contributed by atoms with Gasteiger partial charge < -0.3 is 9.47 Å². The zero-order valence-corrected chi connectivity index (χ0v) is 12.8. The number of aryl methyl sites for hydroxylation is 1. The third kappa shape index (κ3) is 2.32. The molecule has 0 amide bonds. The fourth-order valence-corrected chi connectivity index (χ4v) is 3.49. The van der Waals surface area contributed by atoms with E-state index < -0.39 is 0 Å². The zero-order chi connectivity index (χ0) is 15.0. The molecule has 0 fully saturated rings. The molecule has 110 valence electrons. The predicted octanol–water partition coefficient (Wildman–Crippen LogP) is 3.13. The minimum atomic E-state index is 0.111. The van der Waals surface area contributed by atoms with Crippen LogP contribution < -0.4 is 0 Å². The van der Waals surface area contributed by atoms with E-state index in [0.717, 1.165) is 30.6 Å². The Labute approximate surface area is 125 Å². The van der Waals surface area contributed by atoms with E-state index in [0.29, 0.717) is 12.3 Å². The Bertz CT molecular complexity index is 697. The average molecular weight is 282 g/mol. The van der Waals surface area contributed by atoms with E-state index >= 15 is 0 Å². The summed E-state index contributed by atoms with van der Waals surface area (Å²) in [5.74, 6) is 0.406. The van der Waals surface area contributed by atoms with Crippen molar-refractivity contribution < 1.29 is 4.79 Å². The maximum atomic E-state index is 12.9. The second-order valence-electron chi connectivity index (χ2n) is 6.11. The number of para-hydroxylation sites is 1. The monoisotopic (exact) mass is 282 g/mol. The normalized spacial score (nSPS) is 18.2. The molecular weight excluding hydrogens is 260 g/mol. The number of hydrogen-bond acceptors (Lipinski definition) is 2. The standard InChI is InChI=1S/C18H22N2O/c1-4-11-20-16-8-6-5-7-14(16)15-10-9-13(12-19(2)3)18(21)17(15)20/h4-8,13H,1,9-12H2,2-3H3. The van der Waals surface area contributed by atoms with Gasteiger partial charge in [0.1, 0.15) is 0 Å². The summed E-state index contributed by atoms with van der Waals surface area (Å²) in [4.78, 5) is 15.0. The lowest BCUT2D eigenvalue weighted by atomic mass is 9.85. The minimum absolute atomic E-state index is 0.111. The average Bonchev–Trinajstić information content (AvgIpc) is 2.77. The Morgan fingerprint density at radius 1 is 1.38 bits per heavy atom. The van der Waals surface area contributed by atoms with E-state index in [4.69, 9.17) is 0 Å². The van der Waals surface area contributed by atoms with Gasteiger partial charge in [0, 0.05) is 29.9 Å². The van der Waals surface area contributed by atoms with Crippen LogP contribution in [0, 0.1) is 5.92 Å². The molecule has 0 bridgehead atoms. The molecule has 0 radical (unpaired) electrons. The molecule has 1 aromatic heterocycles. The van der Waals surface area contributed by atoms with Crippen LogP contribution in [0.1, 0.15) is 22.5 Å². The maximum absolute atomic E-state index is 12.9. The third-order valence-corrected chi connectivity index (χ3v) is 4.32. The van der Waals surface area contributed by atoms with Gasteiger partial charge in [-0.15, -0.1) is 6.58 Å². The van der Waals surface area contributed by atoms with Gasteiger partial charge >= 0.3 is 0 Å². The van der Waals surface area contributed by atoms with Gasteiger partial charge in [-0.3, -0.25) is 4.79 Å². The van der Waals surface area contributed by atoms with E-state index in [1.807, 2.05) is 26.2 Å². The van der Waals surface area contributed by atoms with Gasteiger partial charge in [0.05, 0.1) is 5.69 Å². The summed E-state index contributed by atoms with van der Waals surface area (Å²) in [5, 5.41) is 1.23. The number of benzene rings is 1. The molecule has 0 N–H and O–H groups in total. The number of aromatic nitrogens is 1. The predicted molar refractivity (Wildman–Crippen MR) is 86.8 cm³/mol. The van der Waals surface area contributed by atoms with Gasteiger partial charge in [0.2, 0.25) is 0 Å². The molecule has 2 aromatic rings. The molecule has 1 aromatic carbocycles. The molecular formula is C18H22N2O. The number of fused-ring (bicyclic) bond motifs is 3. The van der Waals surface area contributed by atoms with Gasteiger partial charge in [-0.25, -0.2) is 0 Å². The highest BCUT2D eigenvalue weighted by atomic mass is 16.1. The van der Waals surface area contributed by atoms with Crippen molar-refractivity contribution in [3.05, 3.63) is 48.2 Å².